The summed E-state index contributed by atoms with van der Waals surface area (Å²) in [6.07, 6.45) is 5.82. The van der Waals surface area contributed by atoms with E-state index in [4.69, 9.17) is 5.26 Å². The van der Waals surface area contributed by atoms with Crippen LogP contribution in [-0.2, 0) is 0 Å². The Morgan fingerprint density at radius 3 is 2.59 bits per heavy atom. The van der Waals surface area contributed by atoms with Crippen LogP contribution in [0.5, 0.6) is 0 Å². The zero-order chi connectivity index (χ0) is 16.2. The largest absolute Gasteiger partial charge is 0.378 e. The van der Waals surface area contributed by atoms with Crippen molar-refractivity contribution in [2.24, 2.45) is 0 Å². The maximum Gasteiger partial charge on any atom is 0.293 e. The van der Waals surface area contributed by atoms with Crippen molar-refractivity contribution in [1.82, 2.24) is 4.90 Å². The van der Waals surface area contributed by atoms with E-state index in [0.717, 1.165) is 12.8 Å². The molecule has 0 spiro atoms. The van der Waals surface area contributed by atoms with Crippen molar-refractivity contribution in [3.8, 4) is 6.07 Å². The molecule has 6 heteroatoms. The SMILES string of the molecule is CN(C)C1(CNc2ccc(C#N)cc2[N+](=O)[O-])CCCCC1. The molecule has 0 aliphatic heterocycles. The van der Waals surface area contributed by atoms with E-state index < -0.39 is 4.92 Å². The third kappa shape index (κ3) is 3.37. The monoisotopic (exact) mass is 302 g/mol. The summed E-state index contributed by atoms with van der Waals surface area (Å²) < 4.78 is 0. The molecule has 1 aliphatic rings. The van der Waals surface area contributed by atoms with Gasteiger partial charge in [0.25, 0.3) is 5.69 Å². The molecule has 0 bridgehead atoms. The third-order valence-electron chi connectivity index (χ3n) is 4.66. The summed E-state index contributed by atoms with van der Waals surface area (Å²) in [6.45, 7) is 0.673. The minimum atomic E-state index is -0.438. The van der Waals surface area contributed by atoms with Crippen molar-refractivity contribution in [3.05, 3.63) is 33.9 Å². The minimum absolute atomic E-state index is 0.0382. The van der Waals surface area contributed by atoms with Crippen LogP contribution in [0.4, 0.5) is 11.4 Å². The first-order valence-corrected chi connectivity index (χ1v) is 7.58. The number of likely N-dealkylation sites (N-methyl/N-ethyl adjacent to an activating group) is 1. The Morgan fingerprint density at radius 1 is 1.36 bits per heavy atom. The number of nitro groups is 1. The Hall–Kier alpha value is -2.13. The maximum atomic E-state index is 11.2. The Labute approximate surface area is 130 Å². The van der Waals surface area contributed by atoms with E-state index >= 15 is 0 Å². The molecular weight excluding hydrogens is 280 g/mol. The van der Waals surface area contributed by atoms with Gasteiger partial charge in [0.2, 0.25) is 0 Å². The highest BCUT2D eigenvalue weighted by atomic mass is 16.6. The molecular formula is C16H22N4O2. The predicted molar refractivity (Wildman–Crippen MR) is 85.8 cm³/mol. The second kappa shape index (κ2) is 6.75. The Balaban J connectivity index is 2.20. The average Bonchev–Trinajstić information content (AvgIpc) is 2.53. The number of nitriles is 1. The molecule has 0 aromatic heterocycles. The maximum absolute atomic E-state index is 11.2. The molecule has 0 unspecified atom stereocenters. The van der Waals surface area contributed by atoms with Crippen LogP contribution in [0.15, 0.2) is 18.2 Å². The standard InChI is InChI=1S/C16H22N4O2/c1-19(2)16(8-4-3-5-9-16)12-18-14-7-6-13(11-17)10-15(14)20(21)22/h6-7,10,18H,3-5,8-9,12H2,1-2H3. The van der Waals surface area contributed by atoms with Crippen LogP contribution >= 0.6 is 0 Å². The number of rotatable bonds is 5. The summed E-state index contributed by atoms with van der Waals surface area (Å²) in [7, 11) is 4.14. The third-order valence-corrected chi connectivity index (χ3v) is 4.66. The van der Waals surface area contributed by atoms with Crippen LogP contribution in [0, 0.1) is 21.4 Å². The minimum Gasteiger partial charge on any atom is -0.378 e. The summed E-state index contributed by atoms with van der Waals surface area (Å²) in [6, 6.07) is 6.50. The highest BCUT2D eigenvalue weighted by Gasteiger charge is 2.34. The zero-order valence-corrected chi connectivity index (χ0v) is 13.1. The molecule has 22 heavy (non-hydrogen) atoms. The van der Waals surface area contributed by atoms with Gasteiger partial charge in [-0.25, -0.2) is 0 Å². The summed E-state index contributed by atoms with van der Waals surface area (Å²) in [5.74, 6) is 0. The average molecular weight is 302 g/mol. The van der Waals surface area contributed by atoms with E-state index in [2.05, 4.69) is 24.3 Å². The molecule has 1 N–H and O–H groups in total. The van der Waals surface area contributed by atoms with E-state index in [1.165, 1.54) is 25.3 Å². The Kier molecular flexibility index (Phi) is 4.99. The van der Waals surface area contributed by atoms with Gasteiger partial charge in [0.05, 0.1) is 16.6 Å². The first-order chi connectivity index (χ1) is 10.5. The van der Waals surface area contributed by atoms with E-state index in [9.17, 15) is 10.1 Å². The Morgan fingerprint density at radius 2 is 2.05 bits per heavy atom. The van der Waals surface area contributed by atoms with Crippen LogP contribution in [0.1, 0.15) is 37.7 Å². The highest BCUT2D eigenvalue weighted by molar-refractivity contribution is 5.64. The lowest BCUT2D eigenvalue weighted by Gasteiger charge is -2.43. The van der Waals surface area contributed by atoms with Crippen molar-refractivity contribution < 1.29 is 4.92 Å². The van der Waals surface area contributed by atoms with Crippen molar-refractivity contribution in [3.63, 3.8) is 0 Å². The van der Waals surface area contributed by atoms with Gasteiger partial charge >= 0.3 is 0 Å². The molecule has 6 nitrogen and oxygen atoms in total. The van der Waals surface area contributed by atoms with E-state index in [0.29, 0.717) is 17.8 Å². The van der Waals surface area contributed by atoms with Crippen LogP contribution in [0.25, 0.3) is 0 Å². The number of hydrogen-bond donors (Lipinski definition) is 1. The highest BCUT2D eigenvalue weighted by Crippen LogP contribution is 2.33. The Bertz CT molecular complexity index is 586. The fourth-order valence-electron chi connectivity index (χ4n) is 3.15. The van der Waals surface area contributed by atoms with Gasteiger partial charge in [-0.2, -0.15) is 5.26 Å². The van der Waals surface area contributed by atoms with Crippen molar-refractivity contribution in [1.29, 1.82) is 5.26 Å². The molecule has 118 valence electrons. The molecule has 2 rings (SSSR count). The molecule has 1 fully saturated rings. The lowest BCUT2D eigenvalue weighted by atomic mass is 9.80. The molecule has 0 amide bonds. The van der Waals surface area contributed by atoms with Gasteiger partial charge < -0.3 is 10.2 Å². The first-order valence-electron chi connectivity index (χ1n) is 7.58. The van der Waals surface area contributed by atoms with E-state index in [1.54, 1.807) is 12.1 Å². The van der Waals surface area contributed by atoms with E-state index in [1.807, 2.05) is 6.07 Å². The van der Waals surface area contributed by atoms with Crippen molar-refractivity contribution in [2.75, 3.05) is 26.0 Å². The molecule has 1 aromatic carbocycles. The molecule has 1 aliphatic carbocycles. The number of nitrogens with one attached hydrogen (secondary N) is 1. The van der Waals surface area contributed by atoms with Gasteiger partial charge in [0, 0.05) is 18.2 Å². The van der Waals surface area contributed by atoms with Gasteiger partial charge in [-0.05, 0) is 39.1 Å². The van der Waals surface area contributed by atoms with Gasteiger partial charge in [-0.3, -0.25) is 10.1 Å². The fraction of sp³-hybridized carbons (Fsp3) is 0.562. The number of nitro benzene ring substituents is 1. The second-order valence-corrected chi connectivity index (χ2v) is 6.13. The van der Waals surface area contributed by atoms with E-state index in [-0.39, 0.29) is 11.2 Å². The smallest absolute Gasteiger partial charge is 0.293 e. The summed E-state index contributed by atoms with van der Waals surface area (Å²) in [5.41, 5.74) is 0.789. The first kappa shape index (κ1) is 16.2. The number of hydrogen-bond acceptors (Lipinski definition) is 5. The number of benzene rings is 1. The van der Waals surface area contributed by atoms with Crippen molar-refractivity contribution >= 4 is 11.4 Å². The van der Waals surface area contributed by atoms with Gasteiger partial charge in [-0.1, -0.05) is 19.3 Å². The molecule has 0 heterocycles. The van der Waals surface area contributed by atoms with Crippen LogP contribution in [0.2, 0.25) is 0 Å². The molecule has 0 radical (unpaired) electrons. The predicted octanol–water partition coefficient (Wildman–Crippen LogP) is 3.14. The fourth-order valence-corrected chi connectivity index (χ4v) is 3.15. The second-order valence-electron chi connectivity index (χ2n) is 6.13. The lowest BCUT2D eigenvalue weighted by Crippen LogP contribution is -2.51. The normalized spacial score (nSPS) is 17.0. The van der Waals surface area contributed by atoms with Crippen LogP contribution in [-0.4, -0.2) is 36.0 Å². The summed E-state index contributed by atoms with van der Waals surface area (Å²) in [4.78, 5) is 13.0. The van der Waals surface area contributed by atoms with Crippen LogP contribution in [0.3, 0.4) is 0 Å². The number of anilines is 1. The molecule has 1 saturated carbocycles. The lowest BCUT2D eigenvalue weighted by molar-refractivity contribution is -0.384. The van der Waals surface area contributed by atoms with Crippen molar-refractivity contribution in [2.45, 2.75) is 37.6 Å². The molecule has 1 aromatic rings. The molecule has 0 atom stereocenters. The summed E-state index contributed by atoms with van der Waals surface area (Å²) in [5, 5.41) is 23.3. The van der Waals surface area contributed by atoms with Gasteiger partial charge in [-0.15, -0.1) is 0 Å². The van der Waals surface area contributed by atoms with Gasteiger partial charge in [0.15, 0.2) is 0 Å². The molecule has 0 saturated heterocycles. The number of nitrogens with zero attached hydrogens (tertiary/aromatic N) is 3. The van der Waals surface area contributed by atoms with Crippen LogP contribution < -0.4 is 5.32 Å². The van der Waals surface area contributed by atoms with Gasteiger partial charge in [0.1, 0.15) is 5.69 Å². The topological polar surface area (TPSA) is 82.2 Å². The zero-order valence-electron chi connectivity index (χ0n) is 13.1. The summed E-state index contributed by atoms with van der Waals surface area (Å²) >= 11 is 0. The quantitative estimate of drug-likeness (QED) is 0.667.